The molecule has 1 aromatic carbocycles. The second kappa shape index (κ2) is 8.88. The topological polar surface area (TPSA) is 30.5 Å². The van der Waals surface area contributed by atoms with Crippen molar-refractivity contribution >= 4 is 11.6 Å². The summed E-state index contributed by atoms with van der Waals surface area (Å²) in [5.74, 6) is 0.479. The van der Waals surface area contributed by atoms with Crippen molar-refractivity contribution in [1.82, 2.24) is 5.32 Å². The van der Waals surface area contributed by atoms with E-state index >= 15 is 0 Å². The normalized spacial score (nSPS) is 21.5. The maximum atomic E-state index is 6.24. The lowest BCUT2D eigenvalue weighted by Crippen LogP contribution is -2.45. The van der Waals surface area contributed by atoms with Crippen molar-refractivity contribution in [2.24, 2.45) is 5.92 Å². The van der Waals surface area contributed by atoms with E-state index in [9.17, 15) is 0 Å². The molecule has 0 bridgehead atoms. The number of unbranched alkanes of at least 4 members (excludes halogenated alkanes) is 1. The first-order chi connectivity index (χ1) is 10.7. The van der Waals surface area contributed by atoms with Crippen molar-refractivity contribution in [2.75, 3.05) is 33.9 Å². The van der Waals surface area contributed by atoms with Crippen LogP contribution in [-0.2, 0) is 15.1 Å². The summed E-state index contributed by atoms with van der Waals surface area (Å²) in [4.78, 5) is 0. The van der Waals surface area contributed by atoms with Crippen LogP contribution in [0.25, 0.3) is 0 Å². The molecule has 1 saturated heterocycles. The van der Waals surface area contributed by atoms with Gasteiger partial charge in [-0.15, -0.1) is 0 Å². The minimum atomic E-state index is -0.258. The molecule has 1 aliphatic rings. The zero-order valence-corrected chi connectivity index (χ0v) is 14.5. The number of nitrogens with one attached hydrogen (secondary N) is 1. The third-order valence-electron chi connectivity index (χ3n) is 4.78. The highest BCUT2D eigenvalue weighted by Crippen LogP contribution is 2.41. The third kappa shape index (κ3) is 4.23. The average molecular weight is 326 g/mol. The first kappa shape index (κ1) is 17.7. The Hall–Kier alpha value is -0.610. The Labute approximate surface area is 139 Å². The standard InChI is InChI=1S/C18H28ClNO2/c1-21-12-4-3-10-18(22-2,16-8-6-11-20-14-16)15-7-5-9-17(19)13-15/h5,7,9,13,16,20H,3-4,6,8,10-12,14H2,1-2H3/t16?,18-/m1/s1. The molecule has 22 heavy (non-hydrogen) atoms. The third-order valence-corrected chi connectivity index (χ3v) is 5.02. The van der Waals surface area contributed by atoms with Crippen LogP contribution >= 0.6 is 11.6 Å². The molecular formula is C18H28ClNO2. The van der Waals surface area contributed by atoms with Gasteiger partial charge in [-0.2, -0.15) is 0 Å². The van der Waals surface area contributed by atoms with E-state index in [0.717, 1.165) is 44.0 Å². The number of rotatable bonds is 8. The smallest absolute Gasteiger partial charge is 0.0968 e. The fraction of sp³-hybridized carbons (Fsp3) is 0.667. The maximum Gasteiger partial charge on any atom is 0.0968 e. The quantitative estimate of drug-likeness (QED) is 0.733. The van der Waals surface area contributed by atoms with Gasteiger partial charge in [0.25, 0.3) is 0 Å². The summed E-state index contributed by atoms with van der Waals surface area (Å²) in [6, 6.07) is 8.17. The SMILES string of the molecule is COCCCC[C@@](OC)(c1cccc(Cl)c1)C1CCCNC1. The second-order valence-corrected chi connectivity index (χ2v) is 6.53. The van der Waals surface area contributed by atoms with E-state index in [1.54, 1.807) is 7.11 Å². The fourth-order valence-corrected chi connectivity index (χ4v) is 3.80. The van der Waals surface area contributed by atoms with Gasteiger partial charge < -0.3 is 14.8 Å². The molecule has 124 valence electrons. The Morgan fingerprint density at radius 1 is 1.32 bits per heavy atom. The van der Waals surface area contributed by atoms with E-state index in [0.29, 0.717) is 5.92 Å². The Kier molecular flexibility index (Phi) is 7.16. The minimum Gasteiger partial charge on any atom is -0.385 e. The van der Waals surface area contributed by atoms with Crippen molar-refractivity contribution < 1.29 is 9.47 Å². The molecule has 0 aromatic heterocycles. The summed E-state index contributed by atoms with van der Waals surface area (Å²) in [7, 11) is 3.59. The van der Waals surface area contributed by atoms with E-state index in [2.05, 4.69) is 17.4 Å². The zero-order valence-electron chi connectivity index (χ0n) is 13.7. The van der Waals surface area contributed by atoms with E-state index in [-0.39, 0.29) is 5.60 Å². The molecular weight excluding hydrogens is 298 g/mol. The van der Waals surface area contributed by atoms with Crippen molar-refractivity contribution in [1.29, 1.82) is 0 Å². The van der Waals surface area contributed by atoms with Gasteiger partial charge in [-0.05, 0) is 56.3 Å². The first-order valence-electron chi connectivity index (χ1n) is 8.24. The van der Waals surface area contributed by atoms with Gasteiger partial charge in [0.1, 0.15) is 0 Å². The van der Waals surface area contributed by atoms with Crippen molar-refractivity contribution in [2.45, 2.75) is 37.7 Å². The highest BCUT2D eigenvalue weighted by Gasteiger charge is 2.40. The summed E-state index contributed by atoms with van der Waals surface area (Å²) >= 11 is 6.24. The molecule has 0 aliphatic carbocycles. The minimum absolute atomic E-state index is 0.258. The lowest BCUT2D eigenvalue weighted by molar-refractivity contribution is -0.0800. The predicted molar refractivity (Wildman–Crippen MR) is 91.5 cm³/mol. The van der Waals surface area contributed by atoms with Gasteiger partial charge in [0, 0.05) is 38.3 Å². The summed E-state index contributed by atoms with van der Waals surface area (Å²) < 4.78 is 11.3. The Morgan fingerprint density at radius 2 is 2.18 bits per heavy atom. The van der Waals surface area contributed by atoms with Crippen LogP contribution in [0.2, 0.25) is 5.02 Å². The van der Waals surface area contributed by atoms with Crippen LogP contribution in [0.3, 0.4) is 0 Å². The largest absolute Gasteiger partial charge is 0.385 e. The molecule has 0 radical (unpaired) electrons. The maximum absolute atomic E-state index is 6.24. The predicted octanol–water partition coefficient (Wildman–Crippen LogP) is 4.00. The molecule has 4 heteroatoms. The molecule has 1 unspecified atom stereocenters. The zero-order chi connectivity index (χ0) is 15.8. The van der Waals surface area contributed by atoms with Crippen LogP contribution in [0.4, 0.5) is 0 Å². The lowest BCUT2D eigenvalue weighted by atomic mass is 9.74. The molecule has 1 aliphatic heterocycles. The van der Waals surface area contributed by atoms with Crippen molar-refractivity contribution in [3.63, 3.8) is 0 Å². The Balaban J connectivity index is 2.24. The number of ether oxygens (including phenoxy) is 2. The number of piperidine rings is 1. The Bertz CT molecular complexity index is 448. The molecule has 0 saturated carbocycles. The van der Waals surface area contributed by atoms with Gasteiger partial charge in [-0.25, -0.2) is 0 Å². The average Bonchev–Trinajstić information content (AvgIpc) is 2.56. The van der Waals surface area contributed by atoms with Crippen LogP contribution in [0.15, 0.2) is 24.3 Å². The molecule has 1 fully saturated rings. The highest BCUT2D eigenvalue weighted by atomic mass is 35.5. The van der Waals surface area contributed by atoms with E-state index in [1.165, 1.54) is 18.4 Å². The Morgan fingerprint density at radius 3 is 2.82 bits per heavy atom. The van der Waals surface area contributed by atoms with Gasteiger partial charge >= 0.3 is 0 Å². The number of halogens is 1. The van der Waals surface area contributed by atoms with E-state index < -0.39 is 0 Å². The highest BCUT2D eigenvalue weighted by molar-refractivity contribution is 6.30. The molecule has 0 spiro atoms. The fourth-order valence-electron chi connectivity index (χ4n) is 3.61. The summed E-state index contributed by atoms with van der Waals surface area (Å²) in [6.45, 7) is 2.92. The first-order valence-corrected chi connectivity index (χ1v) is 8.61. The molecule has 0 amide bonds. The summed E-state index contributed by atoms with van der Waals surface area (Å²) in [6.07, 6.45) is 5.54. The molecule has 1 heterocycles. The molecule has 3 nitrogen and oxygen atoms in total. The van der Waals surface area contributed by atoms with Gasteiger partial charge in [-0.3, -0.25) is 0 Å². The number of benzene rings is 1. The monoisotopic (exact) mass is 325 g/mol. The molecule has 2 atom stereocenters. The van der Waals surface area contributed by atoms with E-state index in [4.69, 9.17) is 21.1 Å². The van der Waals surface area contributed by atoms with Crippen LogP contribution in [0, 0.1) is 5.92 Å². The van der Waals surface area contributed by atoms with Crippen LogP contribution in [0.1, 0.15) is 37.7 Å². The van der Waals surface area contributed by atoms with Crippen LogP contribution in [-0.4, -0.2) is 33.9 Å². The number of hydrogen-bond acceptors (Lipinski definition) is 3. The second-order valence-electron chi connectivity index (χ2n) is 6.10. The number of hydrogen-bond donors (Lipinski definition) is 1. The van der Waals surface area contributed by atoms with Gasteiger partial charge in [0.15, 0.2) is 0 Å². The van der Waals surface area contributed by atoms with Crippen LogP contribution < -0.4 is 5.32 Å². The van der Waals surface area contributed by atoms with Crippen molar-refractivity contribution in [3.8, 4) is 0 Å². The lowest BCUT2D eigenvalue weighted by Gasteiger charge is -2.42. The molecule has 1 aromatic rings. The molecule has 1 N–H and O–H groups in total. The summed E-state index contributed by atoms with van der Waals surface area (Å²) in [5.41, 5.74) is 0.945. The molecule has 2 rings (SSSR count). The summed E-state index contributed by atoms with van der Waals surface area (Å²) in [5, 5.41) is 4.30. The van der Waals surface area contributed by atoms with Gasteiger partial charge in [-0.1, -0.05) is 23.7 Å². The number of methoxy groups -OCH3 is 2. The van der Waals surface area contributed by atoms with Gasteiger partial charge in [0.2, 0.25) is 0 Å². The van der Waals surface area contributed by atoms with Crippen molar-refractivity contribution in [3.05, 3.63) is 34.9 Å². The van der Waals surface area contributed by atoms with Crippen LogP contribution in [0.5, 0.6) is 0 Å². The van der Waals surface area contributed by atoms with Gasteiger partial charge in [0.05, 0.1) is 5.60 Å². The van der Waals surface area contributed by atoms with E-state index in [1.807, 2.05) is 19.2 Å².